The van der Waals surface area contributed by atoms with Gasteiger partial charge in [0.05, 0.1) is 18.6 Å². The molecule has 8 nitrogen and oxygen atoms in total. The van der Waals surface area contributed by atoms with Crippen molar-refractivity contribution in [2.45, 2.75) is 31.6 Å². The molecule has 0 aromatic heterocycles. The number of benzene rings is 1. The summed E-state index contributed by atoms with van der Waals surface area (Å²) in [5, 5.41) is 0. The Hall–Kier alpha value is -1.52. The first-order chi connectivity index (χ1) is 16.7. The average Bonchev–Trinajstić information content (AvgIpc) is 3.43. The molecule has 0 bridgehead atoms. The van der Waals surface area contributed by atoms with Crippen LogP contribution in [-0.4, -0.2) is 116 Å². The van der Waals surface area contributed by atoms with Crippen LogP contribution in [-0.2, 0) is 20.5 Å². The Balaban J connectivity index is 1.34. The first-order valence-electron chi connectivity index (χ1n) is 12.7. The lowest BCUT2D eigenvalue weighted by atomic mass is 10.1. The van der Waals surface area contributed by atoms with Crippen LogP contribution in [0, 0.1) is 25.7 Å². The van der Waals surface area contributed by atoms with Crippen LogP contribution in [0.2, 0.25) is 0 Å². The molecule has 1 aromatic rings. The monoisotopic (exact) mass is 508 g/mol. The lowest BCUT2D eigenvalue weighted by molar-refractivity contribution is -0.135. The fourth-order valence-corrected chi connectivity index (χ4v) is 6.48. The predicted octanol–water partition coefficient (Wildman–Crippen LogP) is 2.02. The van der Waals surface area contributed by atoms with Crippen molar-refractivity contribution < 1.29 is 18.5 Å². The van der Waals surface area contributed by atoms with Crippen LogP contribution in [0.4, 0.5) is 0 Å². The number of aryl methyl sites for hydroxylation is 2. The molecule has 0 N–H and O–H groups in total. The molecule has 1 aromatic carbocycles. The van der Waals surface area contributed by atoms with Gasteiger partial charge in [-0.3, -0.25) is 4.79 Å². The highest BCUT2D eigenvalue weighted by Crippen LogP contribution is 2.25. The largest absolute Gasteiger partial charge is 0.497 e. The van der Waals surface area contributed by atoms with Crippen molar-refractivity contribution in [2.75, 3.05) is 87.3 Å². The van der Waals surface area contributed by atoms with Gasteiger partial charge in [-0.25, -0.2) is 8.51 Å². The summed E-state index contributed by atoms with van der Waals surface area (Å²) in [6.07, 6.45) is 2.46. The van der Waals surface area contributed by atoms with Gasteiger partial charge in [0.2, 0.25) is 5.91 Å². The quantitative estimate of drug-likeness (QED) is 0.403. The summed E-state index contributed by atoms with van der Waals surface area (Å²) in [7, 11) is 6.22. The van der Waals surface area contributed by atoms with Gasteiger partial charge in [-0.1, -0.05) is 0 Å². The Labute approximate surface area is 214 Å². The fourth-order valence-electron chi connectivity index (χ4n) is 5.26. The molecule has 2 heterocycles. The zero-order valence-corrected chi connectivity index (χ0v) is 23.2. The van der Waals surface area contributed by atoms with Crippen LogP contribution in [0.15, 0.2) is 17.0 Å². The molecular weight excluding hydrogens is 464 g/mol. The molecule has 0 spiro atoms. The van der Waals surface area contributed by atoms with Crippen LogP contribution < -0.4 is 4.74 Å². The number of nitrogens with zero attached hydrogens (tertiary/aromatic N) is 4. The Morgan fingerprint density at radius 2 is 1.80 bits per heavy atom. The first kappa shape index (κ1) is 28.1. The Morgan fingerprint density at radius 1 is 1.11 bits per heavy atom. The van der Waals surface area contributed by atoms with E-state index in [1.807, 2.05) is 45.0 Å². The molecule has 1 amide bonds. The molecule has 2 unspecified atom stereocenters. The molecule has 3 atom stereocenters. The number of carbonyl (C=O) groups is 1. The molecule has 0 aliphatic carbocycles. The number of carbonyl (C=O) groups excluding carboxylic acids is 1. The van der Waals surface area contributed by atoms with Gasteiger partial charge >= 0.3 is 0 Å². The molecule has 2 fully saturated rings. The maximum Gasteiger partial charge on any atom is 0.248 e. The van der Waals surface area contributed by atoms with Gasteiger partial charge in [0.25, 0.3) is 0 Å². The van der Waals surface area contributed by atoms with E-state index >= 15 is 0 Å². The summed E-state index contributed by atoms with van der Waals surface area (Å²) in [5.41, 5.74) is 1.87. The summed E-state index contributed by atoms with van der Waals surface area (Å²) in [5.74, 6) is 2.09. The Bertz CT molecular complexity index is 860. The van der Waals surface area contributed by atoms with E-state index in [1.165, 1.54) is 26.1 Å². The highest BCUT2D eigenvalue weighted by Gasteiger charge is 2.28. The van der Waals surface area contributed by atoms with E-state index in [0.717, 1.165) is 53.7 Å². The summed E-state index contributed by atoms with van der Waals surface area (Å²) < 4.78 is 25.7. The second-order valence-corrected chi connectivity index (χ2v) is 11.9. The molecule has 198 valence electrons. The first-order valence-corrected chi connectivity index (χ1v) is 13.8. The smallest absolute Gasteiger partial charge is 0.248 e. The van der Waals surface area contributed by atoms with Gasteiger partial charge in [0, 0.05) is 46.8 Å². The summed E-state index contributed by atoms with van der Waals surface area (Å²) in [6.45, 7) is 11.4. The molecule has 0 saturated carbocycles. The van der Waals surface area contributed by atoms with Crippen LogP contribution in [0.25, 0.3) is 0 Å². The summed E-state index contributed by atoms with van der Waals surface area (Å²) in [4.78, 5) is 20.2. The summed E-state index contributed by atoms with van der Waals surface area (Å²) in [6, 6.07) is 3.80. The van der Waals surface area contributed by atoms with Gasteiger partial charge in [-0.05, 0) is 81.9 Å². The predicted molar refractivity (Wildman–Crippen MR) is 140 cm³/mol. The molecule has 0 radical (unpaired) electrons. The minimum Gasteiger partial charge on any atom is -0.497 e. The lowest BCUT2D eigenvalue weighted by Crippen LogP contribution is -2.36. The zero-order valence-electron chi connectivity index (χ0n) is 22.4. The Kier molecular flexibility index (Phi) is 10.5. The standard InChI is InChI=1S/C26H44N4O4S/c1-20-13-24(33-6)14-21(2)26(20)35(32)29(5)11-12-34-19-25(31)28(4)16-23-8-10-30(18-23)17-22-7-9-27(3)15-22/h13-14,22-23H,7-12,15-19H2,1-6H3/t22?,23-,35?/m0/s1. The van der Waals surface area contributed by atoms with Crippen LogP contribution in [0.1, 0.15) is 24.0 Å². The fraction of sp³-hybridized carbons (Fsp3) is 0.731. The van der Waals surface area contributed by atoms with E-state index in [0.29, 0.717) is 19.1 Å². The van der Waals surface area contributed by atoms with Gasteiger partial charge in [-0.2, -0.15) is 0 Å². The molecular formula is C26H44N4O4S. The maximum absolute atomic E-state index is 13.0. The normalized spacial score (nSPS) is 22.1. The van der Waals surface area contributed by atoms with Gasteiger partial charge in [-0.15, -0.1) is 0 Å². The van der Waals surface area contributed by atoms with Crippen LogP contribution >= 0.6 is 0 Å². The minimum atomic E-state index is -1.30. The molecule has 2 saturated heterocycles. The van der Waals surface area contributed by atoms with Crippen molar-refractivity contribution in [1.29, 1.82) is 0 Å². The third-order valence-corrected chi connectivity index (χ3v) is 8.98. The minimum absolute atomic E-state index is 0.00601. The van der Waals surface area contributed by atoms with Crippen molar-refractivity contribution in [1.82, 2.24) is 19.0 Å². The van der Waals surface area contributed by atoms with E-state index in [9.17, 15) is 9.00 Å². The van der Waals surface area contributed by atoms with Crippen molar-refractivity contribution in [3.63, 3.8) is 0 Å². The van der Waals surface area contributed by atoms with Crippen LogP contribution in [0.3, 0.4) is 0 Å². The zero-order chi connectivity index (χ0) is 25.5. The van der Waals surface area contributed by atoms with Crippen molar-refractivity contribution in [3.8, 4) is 5.75 Å². The third kappa shape index (κ3) is 7.98. The van der Waals surface area contributed by atoms with E-state index < -0.39 is 11.0 Å². The van der Waals surface area contributed by atoms with Crippen molar-refractivity contribution in [2.24, 2.45) is 11.8 Å². The second-order valence-electron chi connectivity index (χ2n) is 10.3. The highest BCUT2D eigenvalue weighted by molar-refractivity contribution is 7.82. The SMILES string of the molecule is COc1cc(C)c(S(=O)N(C)CCOCC(=O)N(C)C[C@@H]2CCN(CC3CCN(C)C3)C2)c(C)c1. The summed E-state index contributed by atoms with van der Waals surface area (Å²) >= 11 is 0. The van der Waals surface area contributed by atoms with E-state index in [-0.39, 0.29) is 12.5 Å². The number of hydrogen-bond acceptors (Lipinski definition) is 6. The average molecular weight is 509 g/mol. The van der Waals surface area contributed by atoms with Crippen LogP contribution in [0.5, 0.6) is 5.75 Å². The van der Waals surface area contributed by atoms with Crippen molar-refractivity contribution in [3.05, 3.63) is 23.3 Å². The van der Waals surface area contributed by atoms with Gasteiger partial charge in [0.1, 0.15) is 23.3 Å². The van der Waals surface area contributed by atoms with Gasteiger partial charge in [0.15, 0.2) is 0 Å². The van der Waals surface area contributed by atoms with E-state index in [2.05, 4.69) is 16.8 Å². The number of amides is 1. The number of likely N-dealkylation sites (N-methyl/N-ethyl adjacent to an activating group) is 2. The topological polar surface area (TPSA) is 65.6 Å². The Morgan fingerprint density at radius 3 is 2.43 bits per heavy atom. The van der Waals surface area contributed by atoms with E-state index in [4.69, 9.17) is 9.47 Å². The van der Waals surface area contributed by atoms with Crippen molar-refractivity contribution >= 4 is 16.9 Å². The number of likely N-dealkylation sites (tertiary alicyclic amines) is 2. The van der Waals surface area contributed by atoms with E-state index in [1.54, 1.807) is 11.4 Å². The molecule has 2 aliphatic heterocycles. The second kappa shape index (κ2) is 13.1. The number of ether oxygens (including phenoxy) is 2. The number of rotatable bonds is 12. The lowest BCUT2D eigenvalue weighted by Gasteiger charge is -2.23. The molecule has 9 heteroatoms. The third-order valence-electron chi connectivity index (χ3n) is 7.24. The number of methoxy groups -OCH3 is 1. The maximum atomic E-state index is 13.0. The number of hydrogen-bond donors (Lipinski definition) is 0. The molecule has 35 heavy (non-hydrogen) atoms. The van der Waals surface area contributed by atoms with Gasteiger partial charge < -0.3 is 24.2 Å². The highest BCUT2D eigenvalue weighted by atomic mass is 32.2. The molecule has 3 rings (SSSR count). The molecule has 2 aliphatic rings.